The lowest BCUT2D eigenvalue weighted by Gasteiger charge is -2.26. The van der Waals surface area contributed by atoms with Gasteiger partial charge in [0.25, 0.3) is 5.91 Å². The molecular formula is C24H17ClF2N2O4S. The molecule has 174 valence electrons. The SMILES string of the molecule is O=C(Nc1sc2c(c1C(=O)O)CCN(C(=O)/C=C/c1ccccc1Cl)C2)c1c(F)cccc1F. The number of fused-ring (bicyclic) bond motifs is 1. The Morgan fingerprint density at radius 3 is 2.44 bits per heavy atom. The van der Waals surface area contributed by atoms with E-state index in [0.717, 1.165) is 29.5 Å². The summed E-state index contributed by atoms with van der Waals surface area (Å²) in [4.78, 5) is 39.2. The summed E-state index contributed by atoms with van der Waals surface area (Å²) in [5.74, 6) is -4.77. The summed E-state index contributed by atoms with van der Waals surface area (Å²) >= 11 is 7.07. The van der Waals surface area contributed by atoms with Crippen LogP contribution in [0.1, 0.15) is 36.7 Å². The van der Waals surface area contributed by atoms with E-state index in [1.54, 1.807) is 35.2 Å². The molecule has 34 heavy (non-hydrogen) atoms. The molecule has 10 heteroatoms. The predicted molar refractivity (Wildman–Crippen MR) is 125 cm³/mol. The van der Waals surface area contributed by atoms with E-state index in [9.17, 15) is 28.3 Å². The second kappa shape index (κ2) is 9.74. The number of thiophene rings is 1. The fourth-order valence-corrected chi connectivity index (χ4v) is 5.11. The molecule has 1 aliphatic heterocycles. The second-order valence-electron chi connectivity index (χ2n) is 7.43. The number of nitrogens with one attached hydrogen (secondary N) is 1. The summed E-state index contributed by atoms with van der Waals surface area (Å²) < 4.78 is 28.0. The number of carboxylic acid groups (broad SMARTS) is 1. The molecule has 0 aliphatic carbocycles. The van der Waals surface area contributed by atoms with Crippen molar-refractivity contribution < 1.29 is 28.3 Å². The smallest absolute Gasteiger partial charge is 0.339 e. The largest absolute Gasteiger partial charge is 0.478 e. The summed E-state index contributed by atoms with van der Waals surface area (Å²) in [6.45, 7) is 0.404. The average Bonchev–Trinajstić information content (AvgIpc) is 3.15. The number of aromatic carboxylic acids is 1. The van der Waals surface area contributed by atoms with Gasteiger partial charge in [-0.25, -0.2) is 13.6 Å². The van der Waals surface area contributed by atoms with Crippen LogP contribution in [0.3, 0.4) is 0 Å². The van der Waals surface area contributed by atoms with Crippen molar-refractivity contribution >= 4 is 51.8 Å². The van der Waals surface area contributed by atoms with Crippen molar-refractivity contribution in [2.75, 3.05) is 11.9 Å². The number of carbonyl (C=O) groups excluding carboxylic acids is 2. The Morgan fingerprint density at radius 2 is 1.76 bits per heavy atom. The molecule has 0 saturated carbocycles. The first-order valence-electron chi connectivity index (χ1n) is 10.1. The van der Waals surface area contributed by atoms with Crippen LogP contribution in [0.4, 0.5) is 13.8 Å². The summed E-state index contributed by atoms with van der Waals surface area (Å²) in [6.07, 6.45) is 3.25. The van der Waals surface area contributed by atoms with Crippen molar-refractivity contribution in [3.05, 3.63) is 92.3 Å². The predicted octanol–water partition coefficient (Wildman–Crippen LogP) is 5.23. The first kappa shape index (κ1) is 23.6. The van der Waals surface area contributed by atoms with Gasteiger partial charge in [0.1, 0.15) is 22.2 Å². The van der Waals surface area contributed by atoms with Crippen LogP contribution >= 0.6 is 22.9 Å². The van der Waals surface area contributed by atoms with Gasteiger partial charge in [-0.05, 0) is 41.8 Å². The molecule has 3 aromatic rings. The number of hydrogen-bond donors (Lipinski definition) is 2. The number of anilines is 1. The molecule has 2 N–H and O–H groups in total. The fourth-order valence-electron chi connectivity index (χ4n) is 3.66. The summed E-state index contributed by atoms with van der Waals surface area (Å²) in [5, 5.41) is 12.5. The minimum Gasteiger partial charge on any atom is -0.478 e. The van der Waals surface area contributed by atoms with Crippen LogP contribution in [0, 0.1) is 11.6 Å². The van der Waals surface area contributed by atoms with Crippen LogP contribution < -0.4 is 5.32 Å². The van der Waals surface area contributed by atoms with Gasteiger partial charge in [-0.15, -0.1) is 11.3 Å². The van der Waals surface area contributed by atoms with Gasteiger partial charge in [-0.3, -0.25) is 9.59 Å². The van der Waals surface area contributed by atoms with Gasteiger partial charge in [0.05, 0.1) is 12.1 Å². The highest BCUT2D eigenvalue weighted by molar-refractivity contribution is 7.17. The van der Waals surface area contributed by atoms with Gasteiger partial charge in [0.2, 0.25) is 5.91 Å². The summed E-state index contributed by atoms with van der Waals surface area (Å²) in [7, 11) is 0. The summed E-state index contributed by atoms with van der Waals surface area (Å²) in [6, 6.07) is 10.1. The van der Waals surface area contributed by atoms with Crippen molar-refractivity contribution in [2.24, 2.45) is 0 Å². The lowest BCUT2D eigenvalue weighted by molar-refractivity contribution is -0.126. The third-order valence-electron chi connectivity index (χ3n) is 5.31. The molecule has 0 unspecified atom stereocenters. The van der Waals surface area contributed by atoms with Gasteiger partial charge in [-0.1, -0.05) is 35.9 Å². The molecule has 1 aliphatic rings. The number of rotatable bonds is 5. The van der Waals surface area contributed by atoms with E-state index in [1.807, 2.05) is 0 Å². The van der Waals surface area contributed by atoms with Crippen molar-refractivity contribution in [1.29, 1.82) is 0 Å². The highest BCUT2D eigenvalue weighted by Crippen LogP contribution is 2.37. The van der Waals surface area contributed by atoms with E-state index in [0.29, 0.717) is 21.0 Å². The molecular weight excluding hydrogens is 486 g/mol. The van der Waals surface area contributed by atoms with E-state index >= 15 is 0 Å². The monoisotopic (exact) mass is 502 g/mol. The first-order chi connectivity index (χ1) is 16.3. The van der Waals surface area contributed by atoms with Crippen molar-refractivity contribution in [1.82, 2.24) is 4.90 Å². The number of amides is 2. The Bertz CT molecular complexity index is 1320. The number of halogens is 3. The third-order valence-corrected chi connectivity index (χ3v) is 6.79. The standard InChI is InChI=1S/C24H17ClF2N2O4S/c25-15-5-2-1-4-13(15)8-9-19(30)29-11-10-14-18(12-29)34-23(20(14)24(32)33)28-22(31)21-16(26)6-3-7-17(21)27/h1-9H,10-12H2,(H,28,31)(H,32,33)/b9-8+. The number of benzene rings is 2. The molecule has 2 aromatic carbocycles. The van der Waals surface area contributed by atoms with Gasteiger partial charge in [0, 0.05) is 22.5 Å². The van der Waals surface area contributed by atoms with E-state index in [-0.39, 0.29) is 36.0 Å². The van der Waals surface area contributed by atoms with Crippen molar-refractivity contribution in [3.8, 4) is 0 Å². The fraction of sp³-hybridized carbons (Fsp3) is 0.125. The lowest BCUT2D eigenvalue weighted by Crippen LogP contribution is -2.34. The minimum atomic E-state index is -1.28. The first-order valence-corrected chi connectivity index (χ1v) is 11.3. The zero-order valence-electron chi connectivity index (χ0n) is 17.5. The molecule has 0 radical (unpaired) electrons. The molecule has 1 aromatic heterocycles. The Kier molecular flexibility index (Phi) is 6.76. The molecule has 0 fully saturated rings. The maximum Gasteiger partial charge on any atom is 0.339 e. The van der Waals surface area contributed by atoms with Crippen LogP contribution in [0.25, 0.3) is 6.08 Å². The zero-order chi connectivity index (χ0) is 24.4. The molecule has 4 rings (SSSR count). The van der Waals surface area contributed by atoms with E-state index < -0.39 is 29.1 Å². The van der Waals surface area contributed by atoms with Crippen LogP contribution in [0.5, 0.6) is 0 Å². The summed E-state index contributed by atoms with van der Waals surface area (Å²) in [5.41, 5.74) is 0.237. The number of nitrogens with zero attached hydrogens (tertiary/aromatic N) is 1. The van der Waals surface area contributed by atoms with Crippen LogP contribution in [0.15, 0.2) is 48.5 Å². The highest BCUT2D eigenvalue weighted by Gasteiger charge is 2.30. The average molecular weight is 503 g/mol. The Morgan fingerprint density at radius 1 is 1.06 bits per heavy atom. The Labute approximate surface area is 202 Å². The lowest BCUT2D eigenvalue weighted by atomic mass is 10.0. The topological polar surface area (TPSA) is 86.7 Å². The Hall–Kier alpha value is -3.56. The maximum atomic E-state index is 14.0. The van der Waals surface area contributed by atoms with Gasteiger partial charge < -0.3 is 15.3 Å². The normalized spacial score (nSPS) is 13.1. The molecule has 2 heterocycles. The molecule has 6 nitrogen and oxygen atoms in total. The van der Waals surface area contributed by atoms with Gasteiger partial charge in [-0.2, -0.15) is 0 Å². The zero-order valence-corrected chi connectivity index (χ0v) is 19.1. The molecule has 0 spiro atoms. The minimum absolute atomic E-state index is 0.0361. The highest BCUT2D eigenvalue weighted by atomic mass is 35.5. The quantitative estimate of drug-likeness (QED) is 0.468. The van der Waals surface area contributed by atoms with Crippen molar-refractivity contribution in [2.45, 2.75) is 13.0 Å². The van der Waals surface area contributed by atoms with Gasteiger partial charge >= 0.3 is 5.97 Å². The van der Waals surface area contributed by atoms with Crippen LogP contribution in [0.2, 0.25) is 5.02 Å². The second-order valence-corrected chi connectivity index (χ2v) is 8.94. The maximum absolute atomic E-state index is 14.0. The molecule has 0 saturated heterocycles. The van der Waals surface area contributed by atoms with Gasteiger partial charge in [0.15, 0.2) is 0 Å². The number of carboxylic acids is 1. The van der Waals surface area contributed by atoms with E-state index in [2.05, 4.69) is 5.32 Å². The molecule has 0 atom stereocenters. The molecule has 2 amide bonds. The van der Waals surface area contributed by atoms with Crippen molar-refractivity contribution in [3.63, 3.8) is 0 Å². The van der Waals surface area contributed by atoms with Crippen LogP contribution in [-0.4, -0.2) is 34.3 Å². The van der Waals surface area contributed by atoms with E-state index in [1.165, 1.54) is 6.08 Å². The van der Waals surface area contributed by atoms with E-state index in [4.69, 9.17) is 11.6 Å². The molecule has 0 bridgehead atoms. The number of carbonyl (C=O) groups is 3. The van der Waals surface area contributed by atoms with Crippen LogP contribution in [-0.2, 0) is 17.8 Å². The third kappa shape index (κ3) is 4.71. The Balaban J connectivity index is 1.56. The number of hydrogen-bond acceptors (Lipinski definition) is 4.